The summed E-state index contributed by atoms with van der Waals surface area (Å²) in [7, 11) is 0. The van der Waals surface area contributed by atoms with Gasteiger partial charge >= 0.3 is 0 Å². The standard InChI is InChI=1S/C20H40O2/c21-18-16-20(17-19-22)14-12-10-8-6-4-2-1-3-5-7-9-11-13-15-20/h21-22H,1-19H2. The molecule has 0 radical (unpaired) electrons. The van der Waals surface area contributed by atoms with E-state index in [1.807, 2.05) is 0 Å². The van der Waals surface area contributed by atoms with Crippen molar-refractivity contribution in [1.82, 2.24) is 0 Å². The van der Waals surface area contributed by atoms with E-state index in [1.54, 1.807) is 0 Å². The van der Waals surface area contributed by atoms with Crippen molar-refractivity contribution in [1.29, 1.82) is 0 Å². The van der Waals surface area contributed by atoms with Gasteiger partial charge in [-0.3, -0.25) is 0 Å². The number of rotatable bonds is 4. The molecule has 0 bridgehead atoms. The minimum absolute atomic E-state index is 0.209. The Morgan fingerprint density at radius 3 is 1.00 bits per heavy atom. The SMILES string of the molecule is OCCC1(CCO)CCCCCCCCCCCCCCC1. The van der Waals surface area contributed by atoms with Crippen molar-refractivity contribution in [2.75, 3.05) is 13.2 Å². The molecule has 2 heteroatoms. The molecule has 0 saturated heterocycles. The summed E-state index contributed by atoms with van der Waals surface area (Å²) in [6, 6.07) is 0. The van der Waals surface area contributed by atoms with E-state index in [0.717, 1.165) is 12.8 Å². The molecule has 0 aliphatic heterocycles. The fraction of sp³-hybridized carbons (Fsp3) is 1.00. The lowest BCUT2D eigenvalue weighted by molar-refractivity contribution is 0.108. The van der Waals surface area contributed by atoms with Crippen LogP contribution in [0.1, 0.15) is 109 Å². The third-order valence-electron chi connectivity index (χ3n) is 5.70. The Hall–Kier alpha value is -0.0800. The first-order valence-corrected chi connectivity index (χ1v) is 10.0. The minimum atomic E-state index is 0.209. The van der Waals surface area contributed by atoms with Gasteiger partial charge in [-0.05, 0) is 31.1 Å². The molecule has 0 aromatic heterocycles. The highest BCUT2D eigenvalue weighted by Gasteiger charge is 2.27. The van der Waals surface area contributed by atoms with Gasteiger partial charge in [0.2, 0.25) is 0 Å². The first-order chi connectivity index (χ1) is 10.8. The lowest BCUT2D eigenvalue weighted by Gasteiger charge is -2.33. The molecule has 1 fully saturated rings. The second-order valence-corrected chi connectivity index (χ2v) is 7.54. The van der Waals surface area contributed by atoms with E-state index in [-0.39, 0.29) is 18.6 Å². The van der Waals surface area contributed by atoms with Crippen molar-refractivity contribution in [2.45, 2.75) is 109 Å². The summed E-state index contributed by atoms with van der Waals surface area (Å²) < 4.78 is 0. The molecule has 1 aliphatic rings. The molecular weight excluding hydrogens is 272 g/mol. The molecule has 132 valence electrons. The van der Waals surface area contributed by atoms with Crippen molar-refractivity contribution in [3.63, 3.8) is 0 Å². The summed E-state index contributed by atoms with van der Waals surface area (Å²) in [6.07, 6.45) is 22.0. The van der Waals surface area contributed by atoms with E-state index in [9.17, 15) is 10.2 Å². The second kappa shape index (κ2) is 13.4. The fourth-order valence-corrected chi connectivity index (χ4v) is 4.17. The number of aliphatic hydroxyl groups excluding tert-OH is 2. The quantitative estimate of drug-likeness (QED) is 0.709. The average Bonchev–Trinajstić information content (AvgIpc) is 2.50. The summed E-state index contributed by atoms with van der Waals surface area (Å²) in [5.41, 5.74) is 0.209. The third-order valence-corrected chi connectivity index (χ3v) is 5.70. The highest BCUT2D eigenvalue weighted by atomic mass is 16.3. The van der Waals surface area contributed by atoms with Crippen LogP contribution in [0.4, 0.5) is 0 Å². The van der Waals surface area contributed by atoms with Crippen molar-refractivity contribution in [3.05, 3.63) is 0 Å². The van der Waals surface area contributed by atoms with Crippen LogP contribution in [0.2, 0.25) is 0 Å². The Labute approximate surface area is 138 Å². The molecular formula is C20H40O2. The monoisotopic (exact) mass is 312 g/mol. The van der Waals surface area contributed by atoms with E-state index >= 15 is 0 Å². The maximum Gasteiger partial charge on any atom is 0.0436 e. The molecule has 0 amide bonds. The van der Waals surface area contributed by atoms with Gasteiger partial charge in [-0.2, -0.15) is 0 Å². The van der Waals surface area contributed by atoms with Crippen LogP contribution in [-0.2, 0) is 0 Å². The first-order valence-electron chi connectivity index (χ1n) is 10.0. The molecule has 1 saturated carbocycles. The zero-order chi connectivity index (χ0) is 15.9. The van der Waals surface area contributed by atoms with E-state index in [0.29, 0.717) is 0 Å². The molecule has 1 rings (SSSR count). The van der Waals surface area contributed by atoms with E-state index in [1.165, 1.54) is 96.3 Å². The zero-order valence-corrected chi connectivity index (χ0v) is 14.8. The van der Waals surface area contributed by atoms with Gasteiger partial charge < -0.3 is 10.2 Å². The maximum atomic E-state index is 9.47. The van der Waals surface area contributed by atoms with Gasteiger partial charge in [-0.1, -0.05) is 83.5 Å². The van der Waals surface area contributed by atoms with E-state index in [2.05, 4.69) is 0 Å². The van der Waals surface area contributed by atoms with Crippen LogP contribution in [0.25, 0.3) is 0 Å². The van der Waals surface area contributed by atoms with Crippen LogP contribution in [0.3, 0.4) is 0 Å². The summed E-state index contributed by atoms with van der Waals surface area (Å²) in [6.45, 7) is 0.556. The predicted molar refractivity (Wildman–Crippen MR) is 95.1 cm³/mol. The second-order valence-electron chi connectivity index (χ2n) is 7.54. The smallest absolute Gasteiger partial charge is 0.0436 e. The summed E-state index contributed by atoms with van der Waals surface area (Å²) in [5.74, 6) is 0. The van der Waals surface area contributed by atoms with Crippen LogP contribution in [-0.4, -0.2) is 23.4 Å². The van der Waals surface area contributed by atoms with Crippen LogP contribution < -0.4 is 0 Å². The van der Waals surface area contributed by atoms with Gasteiger partial charge in [0.15, 0.2) is 0 Å². The summed E-state index contributed by atoms with van der Waals surface area (Å²) in [5, 5.41) is 18.9. The first kappa shape index (κ1) is 20.0. The predicted octanol–water partition coefficient (Wildman–Crippen LogP) is 5.60. The minimum Gasteiger partial charge on any atom is -0.396 e. The van der Waals surface area contributed by atoms with E-state index in [4.69, 9.17) is 0 Å². The Morgan fingerprint density at radius 2 is 0.727 bits per heavy atom. The normalized spacial score (nSPS) is 23.2. The third kappa shape index (κ3) is 9.15. The van der Waals surface area contributed by atoms with Gasteiger partial charge in [-0.15, -0.1) is 0 Å². The van der Waals surface area contributed by atoms with Crippen molar-refractivity contribution in [2.24, 2.45) is 5.41 Å². The van der Waals surface area contributed by atoms with Crippen molar-refractivity contribution >= 4 is 0 Å². The molecule has 1 aliphatic carbocycles. The Bertz CT molecular complexity index is 216. The molecule has 2 nitrogen and oxygen atoms in total. The topological polar surface area (TPSA) is 40.5 Å². The Morgan fingerprint density at radius 1 is 0.455 bits per heavy atom. The summed E-state index contributed by atoms with van der Waals surface area (Å²) in [4.78, 5) is 0. The number of aliphatic hydroxyl groups is 2. The molecule has 0 atom stereocenters. The maximum absolute atomic E-state index is 9.47. The zero-order valence-electron chi connectivity index (χ0n) is 14.8. The van der Waals surface area contributed by atoms with Crippen LogP contribution in [0.15, 0.2) is 0 Å². The van der Waals surface area contributed by atoms with Crippen LogP contribution in [0.5, 0.6) is 0 Å². The van der Waals surface area contributed by atoms with Crippen molar-refractivity contribution < 1.29 is 10.2 Å². The summed E-state index contributed by atoms with van der Waals surface area (Å²) >= 11 is 0. The molecule has 0 aromatic rings. The van der Waals surface area contributed by atoms with Gasteiger partial charge in [0.05, 0.1) is 0 Å². The molecule has 22 heavy (non-hydrogen) atoms. The number of hydrogen-bond donors (Lipinski definition) is 2. The van der Waals surface area contributed by atoms with Gasteiger partial charge in [0.25, 0.3) is 0 Å². The van der Waals surface area contributed by atoms with E-state index < -0.39 is 0 Å². The van der Waals surface area contributed by atoms with Gasteiger partial charge in [0, 0.05) is 13.2 Å². The van der Waals surface area contributed by atoms with Crippen LogP contribution >= 0.6 is 0 Å². The number of hydrogen-bond acceptors (Lipinski definition) is 2. The lowest BCUT2D eigenvalue weighted by atomic mass is 9.73. The molecule has 0 aromatic carbocycles. The van der Waals surface area contributed by atoms with Gasteiger partial charge in [-0.25, -0.2) is 0 Å². The van der Waals surface area contributed by atoms with Crippen LogP contribution in [0, 0.1) is 5.41 Å². The van der Waals surface area contributed by atoms with Gasteiger partial charge in [0.1, 0.15) is 0 Å². The average molecular weight is 313 g/mol. The molecule has 0 unspecified atom stereocenters. The Kier molecular flexibility index (Phi) is 12.1. The fourth-order valence-electron chi connectivity index (χ4n) is 4.17. The molecule has 0 spiro atoms. The molecule has 0 heterocycles. The lowest BCUT2D eigenvalue weighted by Crippen LogP contribution is -2.24. The molecule has 2 N–H and O–H groups in total. The highest BCUT2D eigenvalue weighted by molar-refractivity contribution is 4.79. The van der Waals surface area contributed by atoms with Crippen molar-refractivity contribution in [3.8, 4) is 0 Å². The highest BCUT2D eigenvalue weighted by Crippen LogP contribution is 2.38. The largest absolute Gasteiger partial charge is 0.396 e. The Balaban J connectivity index is 2.46.